The summed E-state index contributed by atoms with van der Waals surface area (Å²) in [6.07, 6.45) is 0. The van der Waals surface area contributed by atoms with Gasteiger partial charge < -0.3 is 5.73 Å². The Bertz CT molecular complexity index is 242. The van der Waals surface area contributed by atoms with Gasteiger partial charge >= 0.3 is 0 Å². The van der Waals surface area contributed by atoms with Crippen LogP contribution in [0.15, 0.2) is 0 Å². The summed E-state index contributed by atoms with van der Waals surface area (Å²) in [5.74, 6) is -0.503. The maximum absolute atomic E-state index is 10.7. The third-order valence-corrected chi connectivity index (χ3v) is 1.86. The molecule has 1 heterocycles. The lowest BCUT2D eigenvalue weighted by Crippen LogP contribution is -2.66. The lowest BCUT2D eigenvalue weighted by atomic mass is 10.0. The average molecular weight is 180 g/mol. The van der Waals surface area contributed by atoms with Crippen molar-refractivity contribution < 1.29 is 17.5 Å². The summed E-state index contributed by atoms with van der Waals surface area (Å²) in [4.78, 5) is 10.7. The first-order valence-corrected chi connectivity index (χ1v) is 4.04. The van der Waals surface area contributed by atoms with Gasteiger partial charge in [-0.05, 0) is 6.92 Å². The molecule has 7 heteroatoms. The predicted molar refractivity (Wildman–Crippen MR) is 35.7 cm³/mol. The smallest absolute Gasteiger partial charge is 0.278 e. The van der Waals surface area contributed by atoms with E-state index >= 15 is 0 Å². The molecule has 2 N–H and O–H groups in total. The highest BCUT2D eigenvalue weighted by atomic mass is 32.2. The second kappa shape index (κ2) is 2.76. The van der Waals surface area contributed by atoms with Crippen LogP contribution in [-0.2, 0) is 20.1 Å². The molecular formula is C4H8N2O4S. The Morgan fingerprint density at radius 3 is 2.55 bits per heavy atom. The number of rotatable bonds is 2. The highest BCUT2D eigenvalue weighted by Gasteiger charge is 2.43. The van der Waals surface area contributed by atoms with Crippen LogP contribution >= 0.6 is 0 Å². The molecule has 1 fully saturated rings. The number of carbonyl (C=O) groups excluding carboxylic acids is 1. The van der Waals surface area contributed by atoms with Crippen LogP contribution in [0.4, 0.5) is 0 Å². The molecule has 11 heavy (non-hydrogen) atoms. The Morgan fingerprint density at radius 1 is 1.64 bits per heavy atom. The maximum atomic E-state index is 10.7. The molecule has 0 aromatic heterocycles. The molecule has 1 unspecified atom stereocenters. The molecular weight excluding hydrogens is 172 g/mol. The van der Waals surface area contributed by atoms with Gasteiger partial charge in [-0.15, -0.1) is 4.28 Å². The van der Waals surface area contributed by atoms with Gasteiger partial charge in [-0.2, -0.15) is 5.06 Å². The Labute approximate surface area is 65.0 Å². The zero-order chi connectivity index (χ0) is 8.59. The van der Waals surface area contributed by atoms with Crippen molar-refractivity contribution in [1.82, 2.24) is 5.06 Å². The van der Waals surface area contributed by atoms with Crippen molar-refractivity contribution in [3.8, 4) is 0 Å². The number of thiol groups is 1. The van der Waals surface area contributed by atoms with Gasteiger partial charge in [0, 0.05) is 0 Å². The van der Waals surface area contributed by atoms with Crippen molar-refractivity contribution in [2.45, 2.75) is 19.0 Å². The van der Waals surface area contributed by atoms with Crippen LogP contribution in [0.3, 0.4) is 0 Å². The minimum Gasteiger partial charge on any atom is -0.318 e. The molecule has 0 aromatic carbocycles. The fourth-order valence-electron chi connectivity index (χ4n) is 0.804. The molecule has 1 amide bonds. The molecule has 1 rings (SSSR count). The van der Waals surface area contributed by atoms with Crippen molar-refractivity contribution in [3.05, 3.63) is 0 Å². The minimum absolute atomic E-state index is 0.365. The van der Waals surface area contributed by atoms with E-state index in [4.69, 9.17) is 5.73 Å². The van der Waals surface area contributed by atoms with Crippen molar-refractivity contribution in [2.24, 2.45) is 5.73 Å². The summed E-state index contributed by atoms with van der Waals surface area (Å²) in [5, 5.41) is 0.746. The van der Waals surface area contributed by atoms with Crippen molar-refractivity contribution in [2.75, 3.05) is 0 Å². The third kappa shape index (κ3) is 1.35. The van der Waals surface area contributed by atoms with Crippen molar-refractivity contribution >= 4 is 16.9 Å². The normalized spacial score (nSPS) is 30.8. The van der Waals surface area contributed by atoms with E-state index in [9.17, 15) is 13.2 Å². The van der Waals surface area contributed by atoms with Gasteiger partial charge in [0.2, 0.25) is 0 Å². The van der Waals surface area contributed by atoms with Gasteiger partial charge in [-0.1, -0.05) is 0 Å². The van der Waals surface area contributed by atoms with E-state index in [1.165, 1.54) is 0 Å². The summed E-state index contributed by atoms with van der Waals surface area (Å²) in [5.41, 5.74) is 5.26. The summed E-state index contributed by atoms with van der Waals surface area (Å²) in [7, 11) is -3.02. The summed E-state index contributed by atoms with van der Waals surface area (Å²) < 4.78 is 24.1. The monoisotopic (exact) mass is 180 g/mol. The van der Waals surface area contributed by atoms with Gasteiger partial charge in [0.1, 0.15) is 6.04 Å². The van der Waals surface area contributed by atoms with E-state index in [1.807, 2.05) is 0 Å². The Balaban J connectivity index is 2.56. The maximum Gasteiger partial charge on any atom is 0.278 e. The summed E-state index contributed by atoms with van der Waals surface area (Å²) in [6.45, 7) is 1.60. The molecule has 0 aromatic rings. The number of β-lactam (4-membered cyclic amide) rings is 1. The third-order valence-electron chi connectivity index (χ3n) is 1.55. The Morgan fingerprint density at radius 2 is 2.18 bits per heavy atom. The van der Waals surface area contributed by atoms with Crippen LogP contribution in [0, 0.1) is 0 Å². The molecule has 1 aliphatic heterocycles. The molecule has 0 aliphatic carbocycles. The molecule has 1 saturated heterocycles. The van der Waals surface area contributed by atoms with E-state index in [0.29, 0.717) is 0 Å². The SMILES string of the molecule is C[C@H]1C(N)C(=O)N1O[SH](=O)=O. The second-order valence-electron chi connectivity index (χ2n) is 2.24. The first-order chi connectivity index (χ1) is 5.04. The fraction of sp³-hybridized carbons (Fsp3) is 0.750. The van der Waals surface area contributed by atoms with Gasteiger partial charge in [-0.3, -0.25) is 4.79 Å². The van der Waals surface area contributed by atoms with Crippen LogP contribution < -0.4 is 5.73 Å². The number of hydrogen-bond acceptors (Lipinski definition) is 5. The first kappa shape index (κ1) is 8.44. The average Bonchev–Trinajstić information content (AvgIpc) is 1.98. The number of nitrogens with two attached hydrogens (primary N) is 1. The molecule has 1 aliphatic rings. The van der Waals surface area contributed by atoms with Crippen molar-refractivity contribution in [1.29, 1.82) is 0 Å². The molecule has 0 radical (unpaired) electrons. The van der Waals surface area contributed by atoms with Crippen LogP contribution in [0.1, 0.15) is 6.92 Å². The fourth-order valence-corrected chi connectivity index (χ4v) is 1.18. The lowest BCUT2D eigenvalue weighted by Gasteiger charge is -2.39. The van der Waals surface area contributed by atoms with Crippen LogP contribution in [0.25, 0.3) is 0 Å². The van der Waals surface area contributed by atoms with Gasteiger partial charge in [0.25, 0.3) is 16.9 Å². The quantitative estimate of drug-likeness (QED) is 0.379. The van der Waals surface area contributed by atoms with E-state index in [0.717, 1.165) is 5.06 Å². The molecule has 64 valence electrons. The van der Waals surface area contributed by atoms with E-state index < -0.39 is 22.9 Å². The standard InChI is InChI=1S/C4H8N2O4S/c1-2-3(5)4(7)6(2)10-11(8)9/h2-3,11H,5H2,1H3/t2-,3?/m0/s1. The highest BCUT2D eigenvalue weighted by Crippen LogP contribution is 2.17. The van der Waals surface area contributed by atoms with Crippen LogP contribution in [0.2, 0.25) is 0 Å². The van der Waals surface area contributed by atoms with E-state index in [-0.39, 0.29) is 6.04 Å². The van der Waals surface area contributed by atoms with Crippen molar-refractivity contribution in [3.63, 3.8) is 0 Å². The molecule has 6 nitrogen and oxygen atoms in total. The topological polar surface area (TPSA) is 89.7 Å². The van der Waals surface area contributed by atoms with Gasteiger partial charge in [-0.25, -0.2) is 8.42 Å². The molecule has 0 saturated carbocycles. The lowest BCUT2D eigenvalue weighted by molar-refractivity contribution is -0.189. The molecule has 0 bridgehead atoms. The number of amides is 1. The number of hydroxylamine groups is 2. The van der Waals surface area contributed by atoms with E-state index in [1.54, 1.807) is 6.92 Å². The molecule has 0 spiro atoms. The zero-order valence-corrected chi connectivity index (χ0v) is 6.65. The highest BCUT2D eigenvalue weighted by molar-refractivity contribution is 7.67. The summed E-state index contributed by atoms with van der Waals surface area (Å²) >= 11 is 0. The van der Waals surface area contributed by atoms with Crippen LogP contribution in [0.5, 0.6) is 0 Å². The number of nitrogens with zero attached hydrogens (tertiary/aromatic N) is 1. The van der Waals surface area contributed by atoms with Gasteiger partial charge in [0.15, 0.2) is 0 Å². The molecule has 2 atom stereocenters. The number of hydrogen-bond donors (Lipinski definition) is 2. The Hall–Kier alpha value is -0.660. The number of carbonyl (C=O) groups is 1. The zero-order valence-electron chi connectivity index (χ0n) is 5.76. The summed E-state index contributed by atoms with van der Waals surface area (Å²) in [6, 6.07) is -1.000. The largest absolute Gasteiger partial charge is 0.318 e. The predicted octanol–water partition coefficient (Wildman–Crippen LogP) is -2.00. The van der Waals surface area contributed by atoms with Gasteiger partial charge in [0.05, 0.1) is 6.04 Å². The first-order valence-electron chi connectivity index (χ1n) is 2.95. The van der Waals surface area contributed by atoms with E-state index in [2.05, 4.69) is 4.28 Å². The Kier molecular flexibility index (Phi) is 2.12. The minimum atomic E-state index is -3.02. The van der Waals surface area contributed by atoms with Crippen LogP contribution in [-0.4, -0.2) is 31.5 Å². The second-order valence-corrected chi connectivity index (χ2v) is 2.85.